The van der Waals surface area contributed by atoms with Crippen molar-refractivity contribution >= 4 is 21.6 Å². The Hall–Kier alpha value is -2.38. The maximum absolute atomic E-state index is 13.1. The van der Waals surface area contributed by atoms with Crippen molar-refractivity contribution in [3.05, 3.63) is 59.2 Å². The van der Waals surface area contributed by atoms with Crippen LogP contribution in [0.15, 0.2) is 47.4 Å². The topological polar surface area (TPSA) is 69.7 Å². The van der Waals surface area contributed by atoms with Crippen LogP contribution < -0.4 is 9.62 Å². The Morgan fingerprint density at radius 2 is 1.82 bits per heavy atom. The summed E-state index contributed by atoms with van der Waals surface area (Å²) in [5.41, 5.74) is 3.41. The first-order chi connectivity index (χ1) is 13.3. The predicted molar refractivity (Wildman–Crippen MR) is 111 cm³/mol. The molecule has 1 aliphatic heterocycles. The Morgan fingerprint density at radius 1 is 1.14 bits per heavy atom. The molecule has 0 aliphatic carbocycles. The molecule has 7 heteroatoms. The number of benzene rings is 2. The first kappa shape index (κ1) is 20.4. The molecule has 1 aliphatic rings. The van der Waals surface area contributed by atoms with Gasteiger partial charge in [-0.3, -0.25) is 4.79 Å². The summed E-state index contributed by atoms with van der Waals surface area (Å²) in [4.78, 5) is 17.2. The van der Waals surface area contributed by atoms with E-state index in [0.29, 0.717) is 12.1 Å². The fourth-order valence-electron chi connectivity index (χ4n) is 3.56. The van der Waals surface area contributed by atoms with Gasteiger partial charge in [0.05, 0.1) is 4.90 Å². The van der Waals surface area contributed by atoms with Crippen LogP contribution in [0.4, 0.5) is 5.69 Å². The maximum atomic E-state index is 13.1. The van der Waals surface area contributed by atoms with Crippen molar-refractivity contribution in [2.75, 3.05) is 32.1 Å². The van der Waals surface area contributed by atoms with Crippen molar-refractivity contribution in [1.29, 1.82) is 0 Å². The molecule has 1 heterocycles. The van der Waals surface area contributed by atoms with Crippen LogP contribution in [0.3, 0.4) is 0 Å². The van der Waals surface area contributed by atoms with Crippen molar-refractivity contribution in [3.63, 3.8) is 0 Å². The smallest absolute Gasteiger partial charge is 0.254 e. The minimum atomic E-state index is -3.60. The molecule has 150 valence electrons. The molecule has 1 saturated heterocycles. The number of carbonyl (C=O) groups is 1. The van der Waals surface area contributed by atoms with E-state index in [9.17, 15) is 13.2 Å². The Kier molecular flexibility index (Phi) is 6.05. The molecular formula is C21H27N3O3S. The van der Waals surface area contributed by atoms with E-state index in [2.05, 4.69) is 15.7 Å². The van der Waals surface area contributed by atoms with Gasteiger partial charge in [-0.1, -0.05) is 24.3 Å². The fraction of sp³-hybridized carbons (Fsp3) is 0.381. The van der Waals surface area contributed by atoms with E-state index in [0.717, 1.165) is 24.2 Å². The van der Waals surface area contributed by atoms with E-state index >= 15 is 0 Å². The van der Waals surface area contributed by atoms with E-state index in [4.69, 9.17) is 0 Å². The molecule has 0 spiro atoms. The van der Waals surface area contributed by atoms with Crippen molar-refractivity contribution < 1.29 is 13.2 Å². The number of aryl methyl sites for hydroxylation is 1. The number of hydrogen-bond acceptors (Lipinski definition) is 4. The number of carbonyl (C=O) groups excluding carboxylic acids is 1. The lowest BCUT2D eigenvalue weighted by Gasteiger charge is -2.25. The van der Waals surface area contributed by atoms with Gasteiger partial charge in [-0.25, -0.2) is 13.1 Å². The highest BCUT2D eigenvalue weighted by atomic mass is 32.2. The van der Waals surface area contributed by atoms with Crippen LogP contribution in [0.5, 0.6) is 0 Å². The maximum Gasteiger partial charge on any atom is 0.254 e. The van der Waals surface area contributed by atoms with Crippen molar-refractivity contribution in [2.24, 2.45) is 0 Å². The van der Waals surface area contributed by atoms with Gasteiger partial charge in [0.1, 0.15) is 0 Å². The van der Waals surface area contributed by atoms with Crippen molar-refractivity contribution in [3.8, 4) is 0 Å². The number of hydrogen-bond donors (Lipinski definition) is 1. The van der Waals surface area contributed by atoms with E-state index in [-0.39, 0.29) is 10.8 Å². The summed E-state index contributed by atoms with van der Waals surface area (Å²) in [6.07, 6.45) is 2.38. The highest BCUT2D eigenvalue weighted by Crippen LogP contribution is 2.26. The van der Waals surface area contributed by atoms with Gasteiger partial charge < -0.3 is 9.80 Å². The molecule has 6 nitrogen and oxygen atoms in total. The van der Waals surface area contributed by atoms with Crippen LogP contribution in [-0.4, -0.2) is 46.4 Å². The molecule has 0 unspecified atom stereocenters. The average molecular weight is 402 g/mol. The molecule has 3 rings (SSSR count). The summed E-state index contributed by atoms with van der Waals surface area (Å²) in [7, 11) is -0.490. The SMILES string of the molecule is CNS(=O)(=O)c1ccc(C)c(C(=O)N(C)Cc2ccccc2N2CCCC2)c1. The van der Waals surface area contributed by atoms with Gasteiger partial charge >= 0.3 is 0 Å². The van der Waals surface area contributed by atoms with Crippen LogP contribution >= 0.6 is 0 Å². The number of anilines is 1. The second-order valence-corrected chi connectivity index (χ2v) is 9.05. The Balaban J connectivity index is 1.85. The summed E-state index contributed by atoms with van der Waals surface area (Å²) >= 11 is 0. The second kappa shape index (κ2) is 8.32. The lowest BCUT2D eigenvalue weighted by atomic mass is 10.1. The van der Waals surface area contributed by atoms with Gasteiger partial charge in [-0.15, -0.1) is 0 Å². The first-order valence-corrected chi connectivity index (χ1v) is 10.9. The molecule has 2 aromatic rings. The molecule has 0 saturated carbocycles. The number of amides is 1. The molecule has 0 bridgehead atoms. The molecule has 1 fully saturated rings. The monoisotopic (exact) mass is 401 g/mol. The summed E-state index contributed by atoms with van der Waals surface area (Å²) in [6.45, 7) is 4.36. The molecular weight excluding hydrogens is 374 g/mol. The van der Waals surface area contributed by atoms with Gasteiger partial charge in [0, 0.05) is 37.9 Å². The highest BCUT2D eigenvalue weighted by Gasteiger charge is 2.21. The van der Waals surface area contributed by atoms with Gasteiger partial charge in [0.25, 0.3) is 5.91 Å². The molecule has 1 N–H and O–H groups in total. The molecule has 0 radical (unpaired) electrons. The van der Waals surface area contributed by atoms with E-state index in [1.807, 2.05) is 25.1 Å². The number of sulfonamides is 1. The lowest BCUT2D eigenvalue weighted by Crippen LogP contribution is -2.29. The minimum Gasteiger partial charge on any atom is -0.371 e. The zero-order valence-corrected chi connectivity index (χ0v) is 17.4. The predicted octanol–water partition coefficient (Wildman–Crippen LogP) is 2.78. The van der Waals surface area contributed by atoms with Crippen LogP contribution in [0.2, 0.25) is 0 Å². The third-order valence-electron chi connectivity index (χ3n) is 5.21. The fourth-order valence-corrected chi connectivity index (χ4v) is 4.32. The summed E-state index contributed by atoms with van der Waals surface area (Å²) in [5.74, 6) is -0.193. The highest BCUT2D eigenvalue weighted by molar-refractivity contribution is 7.89. The normalized spacial score (nSPS) is 14.3. The number of para-hydroxylation sites is 1. The second-order valence-electron chi connectivity index (χ2n) is 7.17. The third-order valence-corrected chi connectivity index (χ3v) is 6.62. The molecule has 0 aromatic heterocycles. The van der Waals surface area contributed by atoms with E-state index in [1.165, 1.54) is 37.7 Å². The molecule has 2 aromatic carbocycles. The summed E-state index contributed by atoms with van der Waals surface area (Å²) < 4.78 is 26.5. The van der Waals surface area contributed by atoms with Crippen molar-refractivity contribution in [1.82, 2.24) is 9.62 Å². The Bertz CT molecular complexity index is 967. The van der Waals surface area contributed by atoms with Crippen LogP contribution in [0.25, 0.3) is 0 Å². The van der Waals surface area contributed by atoms with Gasteiger partial charge in [0.2, 0.25) is 10.0 Å². The summed E-state index contributed by atoms with van der Waals surface area (Å²) in [6, 6.07) is 12.8. The molecule has 0 atom stereocenters. The quantitative estimate of drug-likeness (QED) is 0.808. The van der Waals surface area contributed by atoms with Gasteiger partial charge in [0.15, 0.2) is 0 Å². The zero-order valence-electron chi connectivity index (χ0n) is 16.6. The Morgan fingerprint density at radius 3 is 2.50 bits per heavy atom. The minimum absolute atomic E-state index is 0.0924. The standard InChI is InChI=1S/C21H27N3O3S/c1-16-10-11-18(28(26,27)22-2)14-19(16)21(25)23(3)15-17-8-4-5-9-20(17)24-12-6-7-13-24/h4-5,8-11,14,22H,6-7,12-13,15H2,1-3H3. The van der Waals surface area contributed by atoms with Gasteiger partial charge in [-0.05, 0) is 56.1 Å². The van der Waals surface area contributed by atoms with Crippen molar-refractivity contribution in [2.45, 2.75) is 31.2 Å². The van der Waals surface area contributed by atoms with Gasteiger partial charge in [-0.2, -0.15) is 0 Å². The molecule has 1 amide bonds. The van der Waals surface area contributed by atoms with Crippen LogP contribution in [0, 0.1) is 6.92 Å². The summed E-state index contributed by atoms with van der Waals surface area (Å²) in [5, 5.41) is 0. The van der Waals surface area contributed by atoms with Crippen LogP contribution in [0.1, 0.15) is 34.3 Å². The lowest BCUT2D eigenvalue weighted by molar-refractivity contribution is 0.0784. The zero-order chi connectivity index (χ0) is 20.3. The van der Waals surface area contributed by atoms with E-state index < -0.39 is 10.0 Å². The largest absolute Gasteiger partial charge is 0.371 e. The van der Waals surface area contributed by atoms with E-state index in [1.54, 1.807) is 18.0 Å². The Labute approximate surface area is 167 Å². The number of rotatable bonds is 6. The third kappa shape index (κ3) is 4.20. The first-order valence-electron chi connectivity index (χ1n) is 9.46. The van der Waals surface area contributed by atoms with Crippen LogP contribution in [-0.2, 0) is 16.6 Å². The molecule has 28 heavy (non-hydrogen) atoms. The number of nitrogens with one attached hydrogen (secondary N) is 1. The average Bonchev–Trinajstić information content (AvgIpc) is 3.22. The number of nitrogens with zero attached hydrogens (tertiary/aromatic N) is 2.